The van der Waals surface area contributed by atoms with E-state index in [1.807, 2.05) is 72.8 Å². The van der Waals surface area contributed by atoms with E-state index in [4.69, 9.17) is 4.74 Å². The lowest BCUT2D eigenvalue weighted by Gasteiger charge is -2.32. The molecule has 128 valence electrons. The van der Waals surface area contributed by atoms with Crippen LogP contribution in [0, 0.1) is 0 Å². The molecule has 0 aliphatic heterocycles. The van der Waals surface area contributed by atoms with E-state index < -0.39 is 5.60 Å². The largest absolute Gasteiger partial charge is 0.372 e. The van der Waals surface area contributed by atoms with Crippen LogP contribution in [0.25, 0.3) is 10.8 Å². The van der Waals surface area contributed by atoms with Gasteiger partial charge in [0.2, 0.25) is 0 Å². The molecule has 3 aromatic rings. The molecule has 3 heteroatoms. The van der Waals surface area contributed by atoms with Crippen LogP contribution in [0.5, 0.6) is 0 Å². The van der Waals surface area contributed by atoms with Gasteiger partial charge in [-0.2, -0.15) is 0 Å². The van der Waals surface area contributed by atoms with Crippen LogP contribution >= 0.6 is 0 Å². The Bertz CT molecular complexity index is 849. The third-order valence-corrected chi connectivity index (χ3v) is 4.83. The van der Waals surface area contributed by atoms with Crippen LogP contribution in [0.4, 0.5) is 0 Å². The van der Waals surface area contributed by atoms with E-state index in [2.05, 4.69) is 12.2 Å². The molecule has 1 unspecified atom stereocenters. The topological polar surface area (TPSA) is 38.3 Å². The normalized spacial score (nSPS) is 13.4. The molecule has 0 aliphatic carbocycles. The summed E-state index contributed by atoms with van der Waals surface area (Å²) in [6.45, 7) is 2.49. The first-order valence-electron chi connectivity index (χ1n) is 8.57. The minimum absolute atomic E-state index is 0.0809. The number of carbonyl (C=O) groups is 1. The summed E-state index contributed by atoms with van der Waals surface area (Å²) in [5.74, 6) is -0.0809. The lowest BCUT2D eigenvalue weighted by atomic mass is 9.90. The third-order valence-electron chi connectivity index (χ3n) is 4.83. The van der Waals surface area contributed by atoms with Crippen LogP contribution in [0.2, 0.25) is 0 Å². The zero-order chi connectivity index (χ0) is 17.7. The van der Waals surface area contributed by atoms with E-state index in [0.29, 0.717) is 12.1 Å². The highest BCUT2D eigenvalue weighted by Crippen LogP contribution is 2.28. The van der Waals surface area contributed by atoms with E-state index in [9.17, 15) is 4.79 Å². The number of hydrogen-bond donors (Lipinski definition) is 1. The summed E-state index contributed by atoms with van der Waals surface area (Å²) in [4.78, 5) is 12.8. The number of rotatable bonds is 6. The van der Waals surface area contributed by atoms with Crippen molar-refractivity contribution in [1.82, 2.24) is 5.32 Å². The molecule has 3 aromatic carbocycles. The number of fused-ring (bicyclic) bond motifs is 1. The zero-order valence-electron chi connectivity index (χ0n) is 14.7. The van der Waals surface area contributed by atoms with E-state index in [1.165, 1.54) is 0 Å². The fourth-order valence-corrected chi connectivity index (χ4v) is 3.25. The predicted octanol–water partition coefficient (Wildman–Crippen LogP) is 4.52. The van der Waals surface area contributed by atoms with Crippen molar-refractivity contribution in [3.8, 4) is 0 Å². The molecule has 0 bridgehead atoms. The first-order valence-corrected chi connectivity index (χ1v) is 8.57. The van der Waals surface area contributed by atoms with Gasteiger partial charge in [0.15, 0.2) is 0 Å². The van der Waals surface area contributed by atoms with Gasteiger partial charge in [0.1, 0.15) is 5.60 Å². The number of nitrogens with one attached hydrogen (secondary N) is 1. The molecule has 3 rings (SSSR count). The Balaban J connectivity index is 1.85. The Labute approximate surface area is 148 Å². The molecule has 1 amide bonds. The van der Waals surface area contributed by atoms with Gasteiger partial charge in [-0.3, -0.25) is 4.79 Å². The number of ether oxygens (including phenoxy) is 1. The Hall–Kier alpha value is -2.65. The second kappa shape index (κ2) is 7.49. The van der Waals surface area contributed by atoms with Crippen LogP contribution in [0.15, 0.2) is 72.8 Å². The minimum atomic E-state index is -0.526. The summed E-state index contributed by atoms with van der Waals surface area (Å²) in [5, 5.41) is 5.09. The monoisotopic (exact) mass is 333 g/mol. The van der Waals surface area contributed by atoms with Crippen molar-refractivity contribution >= 4 is 16.7 Å². The lowest BCUT2D eigenvalue weighted by Crippen LogP contribution is -2.42. The maximum atomic E-state index is 12.8. The Morgan fingerprint density at radius 1 is 0.960 bits per heavy atom. The average molecular weight is 333 g/mol. The highest BCUT2D eigenvalue weighted by atomic mass is 16.5. The highest BCUT2D eigenvalue weighted by Gasteiger charge is 2.30. The Morgan fingerprint density at radius 2 is 1.64 bits per heavy atom. The molecule has 0 aliphatic rings. The summed E-state index contributed by atoms with van der Waals surface area (Å²) in [7, 11) is 1.70. The van der Waals surface area contributed by atoms with Crippen molar-refractivity contribution < 1.29 is 9.53 Å². The first-order chi connectivity index (χ1) is 12.2. The van der Waals surface area contributed by atoms with Crippen LogP contribution in [-0.2, 0) is 10.3 Å². The molecule has 0 saturated heterocycles. The summed E-state index contributed by atoms with van der Waals surface area (Å²) in [6, 6.07) is 23.8. The standard InChI is InChI=1S/C22H23NO2/c1-3-22(25-2,18-12-5-4-6-13-18)16-23-21(24)20-15-9-11-17-10-7-8-14-19(17)20/h4-15H,3,16H2,1-2H3,(H,23,24). The highest BCUT2D eigenvalue weighted by molar-refractivity contribution is 6.07. The van der Waals surface area contributed by atoms with Crippen LogP contribution in [0.3, 0.4) is 0 Å². The number of carbonyl (C=O) groups excluding carboxylic acids is 1. The van der Waals surface area contributed by atoms with Crippen molar-refractivity contribution in [3.63, 3.8) is 0 Å². The van der Waals surface area contributed by atoms with Crippen molar-refractivity contribution in [1.29, 1.82) is 0 Å². The molecule has 0 fully saturated rings. The summed E-state index contributed by atoms with van der Waals surface area (Å²) >= 11 is 0. The molecular weight excluding hydrogens is 310 g/mol. The van der Waals surface area contributed by atoms with Gasteiger partial charge in [-0.1, -0.05) is 73.7 Å². The lowest BCUT2D eigenvalue weighted by molar-refractivity contribution is -0.0164. The van der Waals surface area contributed by atoms with Crippen LogP contribution in [-0.4, -0.2) is 19.6 Å². The van der Waals surface area contributed by atoms with Crippen molar-refractivity contribution in [2.45, 2.75) is 18.9 Å². The Kier molecular flexibility index (Phi) is 5.15. The van der Waals surface area contributed by atoms with Crippen molar-refractivity contribution in [2.24, 2.45) is 0 Å². The van der Waals surface area contributed by atoms with Gasteiger partial charge in [0, 0.05) is 12.7 Å². The quantitative estimate of drug-likeness (QED) is 0.720. The summed E-state index contributed by atoms with van der Waals surface area (Å²) < 4.78 is 5.83. The van der Waals surface area contributed by atoms with Gasteiger partial charge >= 0.3 is 0 Å². The average Bonchev–Trinajstić information content (AvgIpc) is 2.69. The van der Waals surface area contributed by atoms with Crippen molar-refractivity contribution in [2.75, 3.05) is 13.7 Å². The van der Waals surface area contributed by atoms with E-state index >= 15 is 0 Å². The van der Waals surface area contributed by atoms with E-state index in [0.717, 1.165) is 22.8 Å². The number of methoxy groups -OCH3 is 1. The maximum Gasteiger partial charge on any atom is 0.252 e. The van der Waals surface area contributed by atoms with Gasteiger partial charge in [0.05, 0.1) is 6.54 Å². The first kappa shape index (κ1) is 17.2. The van der Waals surface area contributed by atoms with Crippen LogP contribution < -0.4 is 5.32 Å². The Morgan fingerprint density at radius 3 is 2.36 bits per heavy atom. The zero-order valence-corrected chi connectivity index (χ0v) is 14.7. The van der Waals surface area contributed by atoms with E-state index in [1.54, 1.807) is 7.11 Å². The fourth-order valence-electron chi connectivity index (χ4n) is 3.25. The molecule has 0 radical (unpaired) electrons. The summed E-state index contributed by atoms with van der Waals surface area (Å²) in [5.41, 5.74) is 1.23. The number of amides is 1. The number of hydrogen-bond acceptors (Lipinski definition) is 2. The third kappa shape index (κ3) is 3.42. The van der Waals surface area contributed by atoms with Gasteiger partial charge in [-0.15, -0.1) is 0 Å². The van der Waals surface area contributed by atoms with Gasteiger partial charge in [-0.25, -0.2) is 0 Å². The molecule has 0 heterocycles. The predicted molar refractivity (Wildman–Crippen MR) is 102 cm³/mol. The van der Waals surface area contributed by atoms with Gasteiger partial charge < -0.3 is 10.1 Å². The van der Waals surface area contributed by atoms with Crippen LogP contribution in [0.1, 0.15) is 29.3 Å². The fraction of sp³-hybridized carbons (Fsp3) is 0.227. The summed E-state index contributed by atoms with van der Waals surface area (Å²) in [6.07, 6.45) is 0.767. The molecule has 0 aromatic heterocycles. The van der Waals surface area contributed by atoms with Gasteiger partial charge in [0.25, 0.3) is 5.91 Å². The molecule has 25 heavy (non-hydrogen) atoms. The SMILES string of the molecule is CCC(CNC(=O)c1cccc2ccccc12)(OC)c1ccccc1. The second-order valence-electron chi connectivity index (χ2n) is 6.13. The second-order valence-corrected chi connectivity index (χ2v) is 6.13. The smallest absolute Gasteiger partial charge is 0.252 e. The maximum absolute atomic E-state index is 12.8. The molecule has 0 saturated carbocycles. The number of benzene rings is 3. The van der Waals surface area contributed by atoms with E-state index in [-0.39, 0.29) is 5.91 Å². The molecule has 1 N–H and O–H groups in total. The van der Waals surface area contributed by atoms with Crippen molar-refractivity contribution in [3.05, 3.63) is 83.9 Å². The minimum Gasteiger partial charge on any atom is -0.372 e. The van der Waals surface area contributed by atoms with Gasteiger partial charge in [-0.05, 0) is 28.8 Å². The molecule has 0 spiro atoms. The molecular formula is C22H23NO2. The molecule has 1 atom stereocenters. The molecule has 3 nitrogen and oxygen atoms in total.